The zero-order valence-corrected chi connectivity index (χ0v) is 16.6. The van der Waals surface area contributed by atoms with E-state index in [0.29, 0.717) is 11.8 Å². The van der Waals surface area contributed by atoms with E-state index in [4.69, 9.17) is 5.10 Å². The van der Waals surface area contributed by atoms with Crippen molar-refractivity contribution in [2.24, 2.45) is 5.10 Å². The maximum atomic E-state index is 12.4. The molecule has 2 heterocycles. The van der Waals surface area contributed by atoms with Crippen molar-refractivity contribution in [2.75, 3.05) is 31.5 Å². The van der Waals surface area contributed by atoms with Crippen LogP contribution < -0.4 is 5.32 Å². The minimum atomic E-state index is -0.114. The summed E-state index contributed by atoms with van der Waals surface area (Å²) in [7, 11) is 0. The van der Waals surface area contributed by atoms with E-state index in [2.05, 4.69) is 58.7 Å². The van der Waals surface area contributed by atoms with Crippen molar-refractivity contribution >= 4 is 17.3 Å². The largest absolute Gasteiger partial charge is 0.320 e. The molecule has 1 aliphatic carbocycles. The van der Waals surface area contributed by atoms with Gasteiger partial charge < -0.3 is 5.32 Å². The van der Waals surface area contributed by atoms with Gasteiger partial charge in [-0.3, -0.25) is 14.7 Å². The third-order valence-corrected chi connectivity index (χ3v) is 6.34. The molecule has 1 N–H and O–H groups in total. The Kier molecular flexibility index (Phi) is 3.96. The summed E-state index contributed by atoms with van der Waals surface area (Å²) >= 11 is 0. The third kappa shape index (κ3) is 2.66. The number of hydrogen-bond acceptors (Lipinski definition) is 4. The maximum absolute atomic E-state index is 12.4. The number of carbonyl (C=O) groups is 1. The van der Waals surface area contributed by atoms with Gasteiger partial charge in [-0.25, -0.2) is 0 Å². The van der Waals surface area contributed by atoms with Gasteiger partial charge in [0.1, 0.15) is 0 Å². The number of nitrogens with one attached hydrogen (secondary N) is 1. The first-order valence-electron chi connectivity index (χ1n) is 10.5. The van der Waals surface area contributed by atoms with E-state index in [1.807, 2.05) is 29.3 Å². The molecule has 0 saturated carbocycles. The van der Waals surface area contributed by atoms with Crippen molar-refractivity contribution in [1.29, 1.82) is 0 Å². The number of piperazine rings is 1. The highest BCUT2D eigenvalue weighted by atomic mass is 16.2. The van der Waals surface area contributed by atoms with Gasteiger partial charge in [0.15, 0.2) is 5.71 Å². The molecule has 0 atom stereocenters. The number of rotatable bonds is 2. The lowest BCUT2D eigenvalue weighted by Gasteiger charge is -2.37. The average Bonchev–Trinajstić information content (AvgIpc) is 3.29. The molecule has 3 aromatic rings. The number of fused-ring (bicyclic) bond motifs is 4. The Hall–Kier alpha value is -3.44. The molecular weight excluding hydrogens is 372 g/mol. The molecule has 2 aliphatic heterocycles. The lowest BCUT2D eigenvalue weighted by Crippen LogP contribution is -2.46. The van der Waals surface area contributed by atoms with Crippen LogP contribution in [0.3, 0.4) is 0 Å². The predicted octanol–water partition coefficient (Wildman–Crippen LogP) is 3.73. The van der Waals surface area contributed by atoms with E-state index < -0.39 is 0 Å². The average molecular weight is 394 g/mol. The number of carbonyl (C=O) groups excluding carboxylic acids is 1. The molecule has 3 aliphatic rings. The molecule has 1 amide bonds. The topological polar surface area (TPSA) is 47.9 Å². The molecule has 1 saturated heterocycles. The van der Waals surface area contributed by atoms with E-state index in [0.717, 1.165) is 37.4 Å². The summed E-state index contributed by atoms with van der Waals surface area (Å²) in [6.45, 7) is 3.43. The Morgan fingerprint density at radius 3 is 1.97 bits per heavy atom. The highest BCUT2D eigenvalue weighted by Crippen LogP contribution is 2.46. The van der Waals surface area contributed by atoms with Gasteiger partial charge >= 0.3 is 0 Å². The van der Waals surface area contributed by atoms with Gasteiger partial charge in [-0.1, -0.05) is 66.7 Å². The van der Waals surface area contributed by atoms with Gasteiger partial charge in [-0.15, -0.1) is 0 Å². The van der Waals surface area contributed by atoms with Gasteiger partial charge in [0.25, 0.3) is 5.91 Å². The molecule has 1 fully saturated rings. The van der Waals surface area contributed by atoms with Crippen LogP contribution in [-0.4, -0.2) is 47.7 Å². The zero-order chi connectivity index (χ0) is 20.1. The maximum Gasteiger partial charge on any atom is 0.276 e. The number of hydrogen-bond donors (Lipinski definition) is 1. The summed E-state index contributed by atoms with van der Waals surface area (Å²) in [4.78, 5) is 14.9. The fourth-order valence-electron chi connectivity index (χ4n) is 4.94. The van der Waals surface area contributed by atoms with Crippen molar-refractivity contribution < 1.29 is 4.79 Å². The highest BCUT2D eigenvalue weighted by Gasteiger charge is 2.34. The molecule has 0 bridgehead atoms. The molecule has 5 heteroatoms. The summed E-state index contributed by atoms with van der Waals surface area (Å²) in [5.41, 5.74) is 7.74. The summed E-state index contributed by atoms with van der Waals surface area (Å²) in [5.74, 6) is -0.114. The molecule has 30 heavy (non-hydrogen) atoms. The Morgan fingerprint density at radius 1 is 0.733 bits per heavy atom. The van der Waals surface area contributed by atoms with Crippen molar-refractivity contribution in [3.63, 3.8) is 0 Å². The number of amides is 1. The van der Waals surface area contributed by atoms with Crippen molar-refractivity contribution in [2.45, 2.75) is 6.04 Å². The van der Waals surface area contributed by atoms with Crippen LogP contribution in [0.4, 0.5) is 5.69 Å². The Morgan fingerprint density at radius 2 is 1.30 bits per heavy atom. The zero-order valence-electron chi connectivity index (χ0n) is 16.6. The van der Waals surface area contributed by atoms with Crippen LogP contribution in [0.2, 0.25) is 0 Å². The Bertz CT molecular complexity index is 1130. The number of anilines is 1. The van der Waals surface area contributed by atoms with Crippen LogP contribution in [0.5, 0.6) is 0 Å². The minimum Gasteiger partial charge on any atom is -0.320 e. The first-order valence-corrected chi connectivity index (χ1v) is 10.5. The summed E-state index contributed by atoms with van der Waals surface area (Å²) in [6.07, 6.45) is 0. The molecule has 3 aromatic carbocycles. The fourth-order valence-corrected chi connectivity index (χ4v) is 4.94. The van der Waals surface area contributed by atoms with Crippen LogP contribution in [-0.2, 0) is 4.79 Å². The normalized spacial score (nSPS) is 19.5. The molecule has 0 radical (unpaired) electrons. The van der Waals surface area contributed by atoms with E-state index >= 15 is 0 Å². The van der Waals surface area contributed by atoms with Gasteiger partial charge in [-0.2, -0.15) is 5.10 Å². The van der Waals surface area contributed by atoms with E-state index in [1.165, 1.54) is 22.3 Å². The van der Waals surface area contributed by atoms with Gasteiger partial charge in [-0.05, 0) is 28.3 Å². The Labute approximate surface area is 175 Å². The monoisotopic (exact) mass is 394 g/mol. The molecule has 0 spiro atoms. The smallest absolute Gasteiger partial charge is 0.276 e. The predicted molar refractivity (Wildman–Crippen MR) is 118 cm³/mol. The lowest BCUT2D eigenvalue weighted by molar-refractivity contribution is -0.110. The lowest BCUT2D eigenvalue weighted by atomic mass is 10.0. The SMILES string of the molecule is O=C1Nc2ccccc2/C1=N\N1CCN(C2c3ccccc3-c3ccccc32)CC1. The van der Waals surface area contributed by atoms with Crippen LogP contribution in [0, 0.1) is 0 Å². The second kappa shape index (κ2) is 6.82. The van der Waals surface area contributed by atoms with Crippen molar-refractivity contribution in [3.05, 3.63) is 89.5 Å². The Balaban J connectivity index is 1.25. The van der Waals surface area contributed by atoms with Crippen molar-refractivity contribution in [1.82, 2.24) is 9.91 Å². The number of hydrazone groups is 1. The molecule has 0 unspecified atom stereocenters. The molecule has 5 nitrogen and oxygen atoms in total. The molecular formula is C25H22N4O. The highest BCUT2D eigenvalue weighted by molar-refractivity contribution is 6.53. The summed E-state index contributed by atoms with van der Waals surface area (Å²) in [5, 5.41) is 9.67. The standard InChI is InChI=1S/C25H22N4O/c30-25-23(21-11-5-6-12-22(21)26-25)27-29-15-13-28(14-16-29)24-19-9-3-1-7-17(19)18-8-2-4-10-20(18)24/h1-12,24H,13-16H2,(H,26,27,30). The van der Waals surface area contributed by atoms with Crippen LogP contribution in [0.1, 0.15) is 22.7 Å². The molecule has 6 rings (SSSR count). The van der Waals surface area contributed by atoms with E-state index in [-0.39, 0.29) is 5.91 Å². The minimum absolute atomic E-state index is 0.114. The van der Waals surface area contributed by atoms with Gasteiger partial charge in [0.05, 0.1) is 11.7 Å². The first kappa shape index (κ1) is 17.4. The second-order valence-corrected chi connectivity index (χ2v) is 8.01. The van der Waals surface area contributed by atoms with Crippen molar-refractivity contribution in [3.8, 4) is 11.1 Å². The molecule has 0 aromatic heterocycles. The van der Waals surface area contributed by atoms with Crippen LogP contribution >= 0.6 is 0 Å². The number of nitrogens with zero attached hydrogens (tertiary/aromatic N) is 3. The fraction of sp³-hybridized carbons (Fsp3) is 0.200. The third-order valence-electron chi connectivity index (χ3n) is 6.34. The van der Waals surface area contributed by atoms with Crippen LogP contribution in [0.25, 0.3) is 11.1 Å². The number of para-hydroxylation sites is 1. The first-order chi connectivity index (χ1) is 14.8. The molecule has 148 valence electrons. The summed E-state index contributed by atoms with van der Waals surface area (Å²) < 4.78 is 0. The van der Waals surface area contributed by atoms with E-state index in [9.17, 15) is 4.79 Å². The van der Waals surface area contributed by atoms with Gasteiger partial charge in [0.2, 0.25) is 0 Å². The van der Waals surface area contributed by atoms with E-state index in [1.54, 1.807) is 0 Å². The summed E-state index contributed by atoms with van der Waals surface area (Å²) in [6, 6.07) is 25.5. The van der Waals surface area contributed by atoms with Gasteiger partial charge in [0, 0.05) is 31.7 Å². The quantitative estimate of drug-likeness (QED) is 0.721. The number of benzene rings is 3. The van der Waals surface area contributed by atoms with Crippen LogP contribution in [0.15, 0.2) is 77.9 Å². The second-order valence-electron chi connectivity index (χ2n) is 8.01.